The molecule has 0 aliphatic rings. The number of amides is 1. The zero-order valence-corrected chi connectivity index (χ0v) is 9.78. The fraction of sp³-hybridized carbons (Fsp3) is 0.0833. The summed E-state index contributed by atoms with van der Waals surface area (Å²) in [6.45, 7) is 0. The summed E-state index contributed by atoms with van der Waals surface area (Å²) in [4.78, 5) is 11.6. The maximum Gasteiger partial charge on any atom is 0.277 e. The van der Waals surface area contributed by atoms with Crippen molar-refractivity contribution in [3.8, 4) is 0 Å². The van der Waals surface area contributed by atoms with E-state index in [1.807, 2.05) is 29.9 Å². The Bertz CT molecular complexity index is 589. The van der Waals surface area contributed by atoms with E-state index in [9.17, 15) is 10.0 Å². The van der Waals surface area contributed by atoms with Crippen LogP contribution in [0.5, 0.6) is 0 Å². The van der Waals surface area contributed by atoms with Crippen molar-refractivity contribution < 1.29 is 9.52 Å². The van der Waals surface area contributed by atoms with Crippen LogP contribution >= 0.6 is 0 Å². The molecule has 0 radical (unpaired) electrons. The second-order valence-corrected chi connectivity index (χ2v) is 3.70. The summed E-state index contributed by atoms with van der Waals surface area (Å²) in [5.74, 6) is -0.425. The molecule has 0 bridgehead atoms. The van der Waals surface area contributed by atoms with Crippen molar-refractivity contribution in [1.29, 1.82) is 0 Å². The molecule has 0 aromatic carbocycles. The van der Waals surface area contributed by atoms with Gasteiger partial charge in [-0.1, -0.05) is 0 Å². The highest BCUT2D eigenvalue weighted by molar-refractivity contribution is 5.94. The molecular weight excluding hydrogens is 232 g/mol. The van der Waals surface area contributed by atoms with Gasteiger partial charge in [0, 0.05) is 19.3 Å². The van der Waals surface area contributed by atoms with Crippen molar-refractivity contribution >= 4 is 12.1 Å². The van der Waals surface area contributed by atoms with Gasteiger partial charge in [0.1, 0.15) is 5.56 Å². The van der Waals surface area contributed by atoms with Crippen molar-refractivity contribution in [2.24, 2.45) is 12.1 Å². The number of hydrogen-bond donors (Lipinski definition) is 1. The predicted molar refractivity (Wildman–Crippen MR) is 65.9 cm³/mol. The molecule has 0 saturated heterocycles. The van der Waals surface area contributed by atoms with Crippen molar-refractivity contribution in [3.63, 3.8) is 0 Å². The van der Waals surface area contributed by atoms with Crippen LogP contribution in [0.2, 0.25) is 0 Å². The molecule has 2 heterocycles. The summed E-state index contributed by atoms with van der Waals surface area (Å²) in [6, 6.07) is 6.79. The van der Waals surface area contributed by atoms with Crippen molar-refractivity contribution in [2.45, 2.75) is 0 Å². The van der Waals surface area contributed by atoms with Crippen molar-refractivity contribution in [2.75, 3.05) is 0 Å². The predicted octanol–water partition coefficient (Wildman–Crippen LogP) is 0.422. The molecule has 2 rings (SSSR count). The lowest BCUT2D eigenvalue weighted by Crippen LogP contribution is -2.28. The molecule has 0 aliphatic heterocycles. The van der Waals surface area contributed by atoms with Crippen LogP contribution in [0, 0.1) is 5.21 Å². The van der Waals surface area contributed by atoms with Gasteiger partial charge >= 0.3 is 0 Å². The van der Waals surface area contributed by atoms with Crippen LogP contribution in [0.4, 0.5) is 0 Å². The Morgan fingerprint density at radius 1 is 1.50 bits per heavy atom. The number of pyridine rings is 1. The van der Waals surface area contributed by atoms with Gasteiger partial charge < -0.3 is 9.77 Å². The van der Waals surface area contributed by atoms with Gasteiger partial charge in [0.25, 0.3) is 5.91 Å². The zero-order chi connectivity index (χ0) is 13.0. The number of aromatic nitrogens is 2. The van der Waals surface area contributed by atoms with Crippen LogP contribution in [0.3, 0.4) is 0 Å². The Morgan fingerprint density at radius 3 is 3.00 bits per heavy atom. The summed E-state index contributed by atoms with van der Waals surface area (Å²) >= 11 is 0. The van der Waals surface area contributed by atoms with Crippen LogP contribution in [0.1, 0.15) is 16.1 Å². The van der Waals surface area contributed by atoms with E-state index in [4.69, 9.17) is 0 Å². The second kappa shape index (κ2) is 5.13. The first kappa shape index (κ1) is 11.8. The van der Waals surface area contributed by atoms with E-state index in [1.165, 1.54) is 24.7 Å². The number of nitrogens with one attached hydrogen (secondary N) is 1. The minimum Gasteiger partial charge on any atom is -0.619 e. The Morgan fingerprint density at radius 2 is 2.33 bits per heavy atom. The van der Waals surface area contributed by atoms with E-state index >= 15 is 0 Å². The highest BCUT2D eigenvalue weighted by Crippen LogP contribution is 1.96. The minimum absolute atomic E-state index is 0.261. The van der Waals surface area contributed by atoms with Gasteiger partial charge in [-0.05, 0) is 18.2 Å². The molecule has 0 saturated carbocycles. The maximum atomic E-state index is 11.6. The number of carbonyl (C=O) groups is 1. The molecule has 0 atom stereocenters. The van der Waals surface area contributed by atoms with Gasteiger partial charge in [-0.15, -0.1) is 0 Å². The number of hydrogen-bond acceptors (Lipinski definition) is 3. The summed E-state index contributed by atoms with van der Waals surface area (Å²) in [6.07, 6.45) is 5.91. The molecule has 92 valence electrons. The first-order valence-electron chi connectivity index (χ1n) is 5.30. The van der Waals surface area contributed by atoms with Crippen LogP contribution in [-0.2, 0) is 7.05 Å². The van der Waals surface area contributed by atoms with E-state index in [2.05, 4.69) is 10.5 Å². The average Bonchev–Trinajstić information content (AvgIpc) is 2.75. The number of aryl methyl sites for hydroxylation is 1. The van der Waals surface area contributed by atoms with E-state index < -0.39 is 5.91 Å². The Kier molecular flexibility index (Phi) is 3.38. The zero-order valence-electron chi connectivity index (χ0n) is 9.78. The third kappa shape index (κ3) is 2.73. The molecule has 1 N–H and O–H groups in total. The number of nitrogens with zero attached hydrogens (tertiary/aromatic N) is 3. The highest BCUT2D eigenvalue weighted by Gasteiger charge is 2.06. The molecule has 1 amide bonds. The first-order valence-corrected chi connectivity index (χ1v) is 5.30. The standard InChI is InChI=1S/C12H12N4O2/c1-15-6-3-5-11(15)8-13-14-12(17)10-4-2-7-16(18)9-10/h2-9H,1H3,(H,14,17)/b13-8-. The maximum absolute atomic E-state index is 11.6. The Hall–Kier alpha value is -2.63. The topological polar surface area (TPSA) is 73.3 Å². The molecular formula is C12H12N4O2. The number of hydrazone groups is 1. The van der Waals surface area contributed by atoms with Crippen LogP contribution < -0.4 is 10.2 Å². The monoisotopic (exact) mass is 244 g/mol. The molecule has 18 heavy (non-hydrogen) atoms. The van der Waals surface area contributed by atoms with E-state index in [-0.39, 0.29) is 5.56 Å². The van der Waals surface area contributed by atoms with E-state index in [1.54, 1.807) is 6.07 Å². The second-order valence-electron chi connectivity index (χ2n) is 3.70. The third-order valence-electron chi connectivity index (χ3n) is 2.38. The molecule has 2 aromatic rings. The average molecular weight is 244 g/mol. The largest absolute Gasteiger partial charge is 0.619 e. The highest BCUT2D eigenvalue weighted by atomic mass is 16.5. The lowest BCUT2D eigenvalue weighted by Gasteiger charge is -2.00. The van der Waals surface area contributed by atoms with Crippen molar-refractivity contribution in [3.05, 3.63) is 59.3 Å². The van der Waals surface area contributed by atoms with Crippen LogP contribution in [0.25, 0.3) is 0 Å². The number of carbonyl (C=O) groups excluding carboxylic acids is 1. The third-order valence-corrected chi connectivity index (χ3v) is 2.38. The summed E-state index contributed by atoms with van der Waals surface area (Å²) in [5, 5.41) is 14.8. The summed E-state index contributed by atoms with van der Waals surface area (Å²) < 4.78 is 2.43. The van der Waals surface area contributed by atoms with Crippen molar-refractivity contribution in [1.82, 2.24) is 9.99 Å². The summed E-state index contributed by atoms with van der Waals surface area (Å²) in [7, 11) is 1.88. The van der Waals surface area contributed by atoms with E-state index in [0.29, 0.717) is 4.73 Å². The van der Waals surface area contributed by atoms with Gasteiger partial charge in [-0.3, -0.25) is 4.79 Å². The van der Waals surface area contributed by atoms with Gasteiger partial charge in [-0.2, -0.15) is 9.83 Å². The quantitative estimate of drug-likeness (QED) is 0.368. The smallest absolute Gasteiger partial charge is 0.277 e. The van der Waals surface area contributed by atoms with Gasteiger partial charge in [-0.25, -0.2) is 5.43 Å². The van der Waals surface area contributed by atoms with E-state index in [0.717, 1.165) is 5.69 Å². The molecule has 0 spiro atoms. The molecule has 6 heteroatoms. The lowest BCUT2D eigenvalue weighted by molar-refractivity contribution is -0.605. The molecule has 2 aromatic heterocycles. The fourth-order valence-corrected chi connectivity index (χ4v) is 1.42. The minimum atomic E-state index is -0.425. The number of rotatable bonds is 3. The molecule has 0 fully saturated rings. The molecule has 6 nitrogen and oxygen atoms in total. The molecule has 0 unspecified atom stereocenters. The Balaban J connectivity index is 2.01. The van der Waals surface area contributed by atoms with Gasteiger partial charge in [0.2, 0.25) is 0 Å². The first-order chi connectivity index (χ1) is 8.66. The normalized spacial score (nSPS) is 10.7. The lowest BCUT2D eigenvalue weighted by atomic mass is 10.3. The Labute approximate surface area is 104 Å². The molecule has 0 aliphatic carbocycles. The fourth-order valence-electron chi connectivity index (χ4n) is 1.42. The summed E-state index contributed by atoms with van der Waals surface area (Å²) in [5.41, 5.74) is 3.48. The van der Waals surface area contributed by atoms with Crippen LogP contribution in [0.15, 0.2) is 48.0 Å². The van der Waals surface area contributed by atoms with Gasteiger partial charge in [0.05, 0.1) is 11.9 Å². The van der Waals surface area contributed by atoms with Crippen LogP contribution in [-0.4, -0.2) is 16.7 Å². The SMILES string of the molecule is Cn1cccc1/C=N\NC(=O)c1ccc[n+]([O-])c1. The van der Waals surface area contributed by atoms with Gasteiger partial charge in [0.15, 0.2) is 12.4 Å².